The summed E-state index contributed by atoms with van der Waals surface area (Å²) in [5.74, 6) is -2.61. The van der Waals surface area contributed by atoms with Gasteiger partial charge in [0, 0.05) is 11.1 Å². The Morgan fingerprint density at radius 2 is 1.64 bits per heavy atom. The number of fused-ring (bicyclic) bond motifs is 1. The average molecular weight is 446 g/mol. The highest BCUT2D eigenvalue weighted by molar-refractivity contribution is 6.20. The van der Waals surface area contributed by atoms with Gasteiger partial charge < -0.3 is 15.7 Å². The molecule has 166 valence electrons. The summed E-state index contributed by atoms with van der Waals surface area (Å²) in [6.07, 6.45) is -1.45. The van der Waals surface area contributed by atoms with Crippen molar-refractivity contribution in [1.82, 2.24) is 5.32 Å². The molecule has 8 nitrogen and oxygen atoms in total. The number of hydrogen-bond donors (Lipinski definition) is 3. The van der Waals surface area contributed by atoms with Gasteiger partial charge in [0.05, 0.1) is 17.1 Å². The smallest absolute Gasteiger partial charge is 0.323 e. The number of aliphatic imine (C=N–C) groups is 1. The van der Waals surface area contributed by atoms with E-state index in [1.54, 1.807) is 54.6 Å². The minimum atomic E-state index is -1.45. The molecule has 1 aliphatic rings. The molecule has 3 amide bonds. The van der Waals surface area contributed by atoms with E-state index in [1.165, 1.54) is 18.2 Å². The summed E-state index contributed by atoms with van der Waals surface area (Å²) in [6, 6.07) is 20.5. The largest absolute Gasteiger partial charge is 0.480 e. The number of para-hydroxylation sites is 2. The highest BCUT2D eigenvalue weighted by atomic mass is 19.1. The zero-order chi connectivity index (χ0) is 23.4. The minimum absolute atomic E-state index is 0.0750. The van der Waals surface area contributed by atoms with Crippen molar-refractivity contribution in [3.05, 3.63) is 95.8 Å². The van der Waals surface area contributed by atoms with Crippen molar-refractivity contribution in [2.75, 3.05) is 16.8 Å². The molecule has 4 rings (SSSR count). The monoisotopic (exact) mass is 446 g/mol. The number of benzodiazepines with no additional fused rings is 1. The molecule has 9 heteroatoms. The van der Waals surface area contributed by atoms with Crippen LogP contribution in [0.4, 0.5) is 20.6 Å². The molecule has 3 N–H and O–H groups in total. The number of anilines is 2. The first kappa shape index (κ1) is 21.7. The van der Waals surface area contributed by atoms with Crippen LogP contribution in [0.1, 0.15) is 11.1 Å². The number of urea groups is 1. The molecule has 3 aromatic rings. The lowest BCUT2D eigenvalue weighted by molar-refractivity contribution is -0.136. The number of hydrogen-bond acceptors (Lipinski definition) is 4. The number of carboxylic acids is 1. The molecule has 1 atom stereocenters. The number of benzene rings is 3. The fraction of sp³-hybridized carbons (Fsp3) is 0.0833. The SMILES string of the molecule is O=C(O)CN1C(=O)[C@@H](NC(=O)Nc2ccccc2F)N=C(c2ccccc2)c2ccccc21. The van der Waals surface area contributed by atoms with Crippen molar-refractivity contribution in [2.45, 2.75) is 6.17 Å². The van der Waals surface area contributed by atoms with Gasteiger partial charge in [0.15, 0.2) is 0 Å². The molecule has 1 aliphatic heterocycles. The third kappa shape index (κ3) is 4.72. The molecular weight excluding hydrogens is 427 g/mol. The van der Waals surface area contributed by atoms with Crippen molar-refractivity contribution in [3.63, 3.8) is 0 Å². The summed E-state index contributed by atoms with van der Waals surface area (Å²) >= 11 is 0. The van der Waals surface area contributed by atoms with Crippen molar-refractivity contribution in [1.29, 1.82) is 0 Å². The zero-order valence-electron chi connectivity index (χ0n) is 17.2. The van der Waals surface area contributed by atoms with E-state index < -0.39 is 36.4 Å². The second kappa shape index (κ2) is 9.31. The third-order valence-corrected chi connectivity index (χ3v) is 4.94. The van der Waals surface area contributed by atoms with Gasteiger partial charge in [-0.15, -0.1) is 0 Å². The van der Waals surface area contributed by atoms with Crippen LogP contribution >= 0.6 is 0 Å². The summed E-state index contributed by atoms with van der Waals surface area (Å²) in [6.45, 7) is -0.624. The highest BCUT2D eigenvalue weighted by Gasteiger charge is 2.34. The Labute approximate surface area is 188 Å². The van der Waals surface area contributed by atoms with Crippen LogP contribution in [0, 0.1) is 5.82 Å². The van der Waals surface area contributed by atoms with Gasteiger partial charge in [-0.2, -0.15) is 0 Å². The maximum absolute atomic E-state index is 13.9. The summed E-state index contributed by atoms with van der Waals surface area (Å²) in [5, 5.41) is 14.2. The van der Waals surface area contributed by atoms with E-state index in [0.29, 0.717) is 22.5 Å². The number of carbonyl (C=O) groups excluding carboxylic acids is 2. The average Bonchev–Trinajstić information content (AvgIpc) is 2.92. The van der Waals surface area contributed by atoms with Gasteiger partial charge >= 0.3 is 12.0 Å². The summed E-state index contributed by atoms with van der Waals surface area (Å²) in [4.78, 5) is 43.0. The van der Waals surface area contributed by atoms with Crippen LogP contribution in [0.15, 0.2) is 83.9 Å². The fourth-order valence-electron chi connectivity index (χ4n) is 3.49. The maximum atomic E-state index is 13.9. The summed E-state index contributed by atoms with van der Waals surface area (Å²) < 4.78 is 13.9. The van der Waals surface area contributed by atoms with Gasteiger partial charge in [-0.3, -0.25) is 14.5 Å². The van der Waals surface area contributed by atoms with E-state index in [1.807, 2.05) is 6.07 Å². The third-order valence-electron chi connectivity index (χ3n) is 4.94. The zero-order valence-corrected chi connectivity index (χ0v) is 17.2. The number of rotatable bonds is 5. The van der Waals surface area contributed by atoms with Crippen LogP contribution in [0.2, 0.25) is 0 Å². The Bertz CT molecular complexity index is 1250. The predicted octanol–water partition coefficient (Wildman–Crippen LogP) is 3.24. The van der Waals surface area contributed by atoms with Gasteiger partial charge in [0.25, 0.3) is 5.91 Å². The Kier molecular flexibility index (Phi) is 6.12. The number of nitrogens with one attached hydrogen (secondary N) is 2. The topological polar surface area (TPSA) is 111 Å². The molecule has 0 bridgehead atoms. The molecule has 1 heterocycles. The molecule has 0 unspecified atom stereocenters. The number of nitrogens with zero attached hydrogens (tertiary/aromatic N) is 2. The Hall–Kier alpha value is -4.53. The van der Waals surface area contributed by atoms with Crippen LogP contribution < -0.4 is 15.5 Å². The van der Waals surface area contributed by atoms with Gasteiger partial charge in [-0.1, -0.05) is 60.7 Å². The number of halogens is 1. The van der Waals surface area contributed by atoms with Crippen LogP contribution in [0.25, 0.3) is 0 Å². The molecule has 0 fully saturated rings. The Morgan fingerprint density at radius 1 is 0.970 bits per heavy atom. The van der Waals surface area contributed by atoms with E-state index in [2.05, 4.69) is 15.6 Å². The minimum Gasteiger partial charge on any atom is -0.480 e. The first-order chi connectivity index (χ1) is 15.9. The normalized spacial score (nSPS) is 15.2. The van der Waals surface area contributed by atoms with Gasteiger partial charge in [-0.25, -0.2) is 14.2 Å². The predicted molar refractivity (Wildman–Crippen MR) is 121 cm³/mol. The van der Waals surface area contributed by atoms with Crippen LogP contribution in [-0.4, -0.2) is 41.4 Å². The summed E-state index contributed by atoms with van der Waals surface area (Å²) in [7, 11) is 0. The quantitative estimate of drug-likeness (QED) is 0.559. The Balaban J connectivity index is 1.75. The van der Waals surface area contributed by atoms with E-state index in [0.717, 1.165) is 4.90 Å². The van der Waals surface area contributed by atoms with E-state index >= 15 is 0 Å². The molecular formula is C24H19FN4O4. The van der Waals surface area contributed by atoms with Gasteiger partial charge in [-0.05, 0) is 18.2 Å². The lowest BCUT2D eigenvalue weighted by Crippen LogP contribution is -2.50. The van der Waals surface area contributed by atoms with Crippen molar-refractivity contribution < 1.29 is 23.9 Å². The van der Waals surface area contributed by atoms with Crippen LogP contribution in [0.3, 0.4) is 0 Å². The lowest BCUT2D eigenvalue weighted by atomic mass is 10.0. The summed E-state index contributed by atoms with van der Waals surface area (Å²) in [5.41, 5.74) is 1.90. The van der Waals surface area contributed by atoms with Crippen LogP contribution in [0.5, 0.6) is 0 Å². The fourth-order valence-corrected chi connectivity index (χ4v) is 3.49. The van der Waals surface area contributed by atoms with Gasteiger partial charge in [0.1, 0.15) is 12.4 Å². The molecule has 0 spiro atoms. The molecule has 0 saturated heterocycles. The standard InChI is InChI=1S/C24H19FN4O4/c25-17-11-5-6-12-18(17)26-24(33)28-22-23(32)29(14-20(30)31)19-13-7-4-10-16(19)21(27-22)15-8-2-1-3-9-15/h1-13,22H,14H2,(H,30,31)(H2,26,28,33)/t22-/m1/s1. The van der Waals surface area contributed by atoms with E-state index in [4.69, 9.17) is 0 Å². The number of carboxylic acid groups (broad SMARTS) is 1. The van der Waals surface area contributed by atoms with Crippen LogP contribution in [-0.2, 0) is 9.59 Å². The second-order valence-electron chi connectivity index (χ2n) is 7.16. The highest BCUT2D eigenvalue weighted by Crippen LogP contribution is 2.28. The van der Waals surface area contributed by atoms with Gasteiger partial charge in [0.2, 0.25) is 6.17 Å². The molecule has 0 aromatic heterocycles. The molecule has 0 aliphatic carbocycles. The molecule has 3 aromatic carbocycles. The van der Waals surface area contributed by atoms with E-state index in [-0.39, 0.29) is 5.69 Å². The van der Waals surface area contributed by atoms with Crippen molar-refractivity contribution in [3.8, 4) is 0 Å². The first-order valence-electron chi connectivity index (χ1n) is 10.0. The second-order valence-corrected chi connectivity index (χ2v) is 7.16. The maximum Gasteiger partial charge on any atom is 0.323 e. The molecule has 33 heavy (non-hydrogen) atoms. The number of amides is 3. The number of carbonyl (C=O) groups is 3. The lowest BCUT2D eigenvalue weighted by Gasteiger charge is -2.23. The number of aliphatic carboxylic acids is 1. The Morgan fingerprint density at radius 3 is 2.36 bits per heavy atom. The molecule has 0 saturated carbocycles. The first-order valence-corrected chi connectivity index (χ1v) is 10.0. The van der Waals surface area contributed by atoms with E-state index in [9.17, 15) is 23.9 Å². The van der Waals surface area contributed by atoms with Crippen molar-refractivity contribution >= 4 is 35.0 Å². The molecule has 0 radical (unpaired) electrons. The van der Waals surface area contributed by atoms with Crippen molar-refractivity contribution in [2.24, 2.45) is 4.99 Å².